The molecule has 0 aromatic carbocycles. The highest BCUT2D eigenvalue weighted by atomic mass is 16.5. The zero-order valence-corrected chi connectivity index (χ0v) is 15.7. The van der Waals surface area contributed by atoms with E-state index in [1.807, 2.05) is 7.05 Å². The number of likely N-dealkylation sites (N-methyl/N-ethyl adjacent to an activating group) is 2. The van der Waals surface area contributed by atoms with E-state index in [1.165, 1.54) is 12.1 Å². The molecule has 1 spiro atoms. The highest BCUT2D eigenvalue weighted by molar-refractivity contribution is 5.16. The fraction of sp³-hybridized carbons (Fsp3) is 0.889. The van der Waals surface area contributed by atoms with Gasteiger partial charge in [-0.3, -0.25) is 4.90 Å². The van der Waals surface area contributed by atoms with Crippen molar-refractivity contribution in [3.63, 3.8) is 0 Å². The normalized spacial score (nSPS) is 29.6. The Balaban J connectivity index is 1.58. The standard InChI is InChI=1S/C18H33N5O/c1-17(2)12-18(24-13-17)7-5-14(6-8-18)16-15(20-22-21-16)11-23(4)10-9-19-3/h14,19H,5-13H2,1-4H3,(H,20,21,22). The topological polar surface area (TPSA) is 66.1 Å². The predicted octanol–water partition coefficient (Wildman–Crippen LogP) is 2.30. The van der Waals surface area contributed by atoms with Crippen LogP contribution in [0.25, 0.3) is 0 Å². The van der Waals surface area contributed by atoms with Crippen LogP contribution in [-0.4, -0.2) is 59.7 Å². The molecule has 6 nitrogen and oxygen atoms in total. The van der Waals surface area contributed by atoms with Gasteiger partial charge in [-0.15, -0.1) is 0 Å². The van der Waals surface area contributed by atoms with Crippen LogP contribution < -0.4 is 5.32 Å². The molecule has 24 heavy (non-hydrogen) atoms. The van der Waals surface area contributed by atoms with Crippen molar-refractivity contribution in [3.8, 4) is 0 Å². The Morgan fingerprint density at radius 3 is 2.67 bits per heavy atom. The maximum Gasteiger partial charge on any atom is 0.0999 e. The average molecular weight is 335 g/mol. The van der Waals surface area contributed by atoms with Gasteiger partial charge in [-0.2, -0.15) is 15.4 Å². The van der Waals surface area contributed by atoms with Crippen LogP contribution in [0.3, 0.4) is 0 Å². The number of H-pyrrole nitrogens is 1. The molecule has 0 unspecified atom stereocenters. The number of rotatable bonds is 6. The van der Waals surface area contributed by atoms with Crippen molar-refractivity contribution in [2.24, 2.45) is 5.41 Å². The van der Waals surface area contributed by atoms with Gasteiger partial charge in [-0.25, -0.2) is 0 Å². The van der Waals surface area contributed by atoms with Gasteiger partial charge in [0.05, 0.1) is 23.6 Å². The van der Waals surface area contributed by atoms with Crippen molar-refractivity contribution >= 4 is 0 Å². The van der Waals surface area contributed by atoms with Gasteiger partial charge in [-0.05, 0) is 51.6 Å². The summed E-state index contributed by atoms with van der Waals surface area (Å²) >= 11 is 0. The molecule has 3 rings (SSSR count). The van der Waals surface area contributed by atoms with Crippen LogP contribution in [-0.2, 0) is 11.3 Å². The summed E-state index contributed by atoms with van der Waals surface area (Å²) in [4.78, 5) is 2.30. The zero-order valence-electron chi connectivity index (χ0n) is 15.7. The first-order valence-electron chi connectivity index (χ1n) is 9.30. The average Bonchev–Trinajstić information content (AvgIpc) is 3.11. The Hall–Kier alpha value is -0.980. The molecule has 0 bridgehead atoms. The summed E-state index contributed by atoms with van der Waals surface area (Å²) in [7, 11) is 4.12. The lowest BCUT2D eigenvalue weighted by Crippen LogP contribution is -2.34. The molecule has 2 heterocycles. The monoisotopic (exact) mass is 335 g/mol. The van der Waals surface area contributed by atoms with Crippen LogP contribution in [0.4, 0.5) is 0 Å². The van der Waals surface area contributed by atoms with Crippen molar-refractivity contribution in [2.75, 3.05) is 33.8 Å². The van der Waals surface area contributed by atoms with Gasteiger partial charge in [0.15, 0.2) is 0 Å². The smallest absolute Gasteiger partial charge is 0.0999 e. The minimum Gasteiger partial charge on any atom is -0.374 e. The number of aromatic nitrogens is 3. The zero-order chi connectivity index (χ0) is 17.2. The van der Waals surface area contributed by atoms with Gasteiger partial charge in [0.25, 0.3) is 0 Å². The SMILES string of the molecule is CNCCN(C)Cc1n[nH]nc1C1CCC2(CC1)CC(C)(C)CO2. The van der Waals surface area contributed by atoms with E-state index in [2.05, 4.69) is 46.5 Å². The van der Waals surface area contributed by atoms with Crippen LogP contribution >= 0.6 is 0 Å². The first-order valence-corrected chi connectivity index (χ1v) is 9.30. The maximum atomic E-state index is 6.24. The van der Waals surface area contributed by atoms with Gasteiger partial charge >= 0.3 is 0 Å². The molecule has 1 aliphatic carbocycles. The number of hydrogen-bond acceptors (Lipinski definition) is 5. The van der Waals surface area contributed by atoms with Crippen LogP contribution in [0.2, 0.25) is 0 Å². The summed E-state index contributed by atoms with van der Waals surface area (Å²) in [6, 6.07) is 0. The Kier molecular flexibility index (Phi) is 5.27. The van der Waals surface area contributed by atoms with Gasteiger partial charge in [0.1, 0.15) is 0 Å². The van der Waals surface area contributed by atoms with Crippen molar-refractivity contribution < 1.29 is 4.74 Å². The predicted molar refractivity (Wildman–Crippen MR) is 94.9 cm³/mol. The molecule has 1 aromatic heterocycles. The summed E-state index contributed by atoms with van der Waals surface area (Å²) < 4.78 is 6.24. The van der Waals surface area contributed by atoms with E-state index in [4.69, 9.17) is 4.74 Å². The third kappa shape index (κ3) is 3.98. The number of nitrogens with zero attached hydrogens (tertiary/aromatic N) is 3. The van der Waals surface area contributed by atoms with Gasteiger partial charge < -0.3 is 10.1 Å². The Morgan fingerprint density at radius 2 is 2.04 bits per heavy atom. The van der Waals surface area contributed by atoms with Crippen LogP contribution in [0.1, 0.15) is 63.3 Å². The van der Waals surface area contributed by atoms with E-state index in [1.54, 1.807) is 0 Å². The molecule has 0 amide bonds. The number of ether oxygens (including phenoxy) is 1. The van der Waals surface area contributed by atoms with E-state index in [0.717, 1.165) is 57.6 Å². The highest BCUT2D eigenvalue weighted by Gasteiger charge is 2.46. The highest BCUT2D eigenvalue weighted by Crippen LogP contribution is 2.49. The number of aromatic amines is 1. The second-order valence-corrected chi connectivity index (χ2v) is 8.58. The Morgan fingerprint density at radius 1 is 1.29 bits per heavy atom. The molecule has 1 aliphatic heterocycles. The fourth-order valence-electron chi connectivity index (χ4n) is 4.40. The molecule has 136 valence electrons. The van der Waals surface area contributed by atoms with E-state index in [0.29, 0.717) is 11.3 Å². The maximum absolute atomic E-state index is 6.24. The fourth-order valence-corrected chi connectivity index (χ4v) is 4.40. The second kappa shape index (κ2) is 7.10. The lowest BCUT2D eigenvalue weighted by atomic mass is 9.72. The molecule has 0 atom stereocenters. The lowest BCUT2D eigenvalue weighted by molar-refractivity contribution is -0.0296. The molecule has 1 aromatic rings. The van der Waals surface area contributed by atoms with Gasteiger partial charge in [0, 0.05) is 25.6 Å². The van der Waals surface area contributed by atoms with Crippen LogP contribution in [0.5, 0.6) is 0 Å². The van der Waals surface area contributed by atoms with Crippen molar-refractivity contribution in [2.45, 2.75) is 64.0 Å². The number of nitrogens with one attached hydrogen (secondary N) is 2. The molecule has 0 radical (unpaired) electrons. The van der Waals surface area contributed by atoms with Gasteiger partial charge in [-0.1, -0.05) is 13.8 Å². The van der Waals surface area contributed by atoms with E-state index in [-0.39, 0.29) is 5.60 Å². The summed E-state index contributed by atoms with van der Waals surface area (Å²) in [6.07, 6.45) is 5.84. The molecular weight excluding hydrogens is 302 g/mol. The molecule has 1 saturated heterocycles. The first kappa shape index (κ1) is 17.8. The first-order chi connectivity index (χ1) is 11.4. The van der Waals surface area contributed by atoms with E-state index >= 15 is 0 Å². The van der Waals surface area contributed by atoms with Crippen LogP contribution in [0, 0.1) is 5.41 Å². The molecular formula is C18H33N5O. The molecule has 2 fully saturated rings. The van der Waals surface area contributed by atoms with Crippen molar-refractivity contribution in [3.05, 3.63) is 11.4 Å². The summed E-state index contributed by atoms with van der Waals surface area (Å²) in [6.45, 7) is 8.42. The minimum atomic E-state index is 0.132. The van der Waals surface area contributed by atoms with Gasteiger partial charge in [0.2, 0.25) is 0 Å². The molecule has 2 N–H and O–H groups in total. The van der Waals surface area contributed by atoms with Crippen molar-refractivity contribution in [1.29, 1.82) is 0 Å². The molecule has 1 saturated carbocycles. The Labute approximate surface area is 145 Å². The van der Waals surface area contributed by atoms with Crippen molar-refractivity contribution in [1.82, 2.24) is 25.6 Å². The third-order valence-corrected chi connectivity index (χ3v) is 5.67. The minimum absolute atomic E-state index is 0.132. The van der Waals surface area contributed by atoms with E-state index in [9.17, 15) is 0 Å². The molecule has 2 aliphatic rings. The Bertz CT molecular complexity index is 533. The number of hydrogen-bond donors (Lipinski definition) is 2. The summed E-state index contributed by atoms with van der Waals surface area (Å²) in [5.74, 6) is 0.523. The second-order valence-electron chi connectivity index (χ2n) is 8.58. The lowest BCUT2D eigenvalue weighted by Gasteiger charge is -2.36. The third-order valence-electron chi connectivity index (χ3n) is 5.67. The quantitative estimate of drug-likeness (QED) is 0.835. The van der Waals surface area contributed by atoms with E-state index < -0.39 is 0 Å². The summed E-state index contributed by atoms with van der Waals surface area (Å²) in [5, 5.41) is 15.0. The largest absolute Gasteiger partial charge is 0.374 e. The summed E-state index contributed by atoms with van der Waals surface area (Å²) in [5.41, 5.74) is 2.76. The van der Waals surface area contributed by atoms with Crippen LogP contribution in [0.15, 0.2) is 0 Å². The molecule has 6 heteroatoms.